The molecule has 3 atom stereocenters. The first-order valence-corrected chi connectivity index (χ1v) is 16.7. The van der Waals surface area contributed by atoms with Gasteiger partial charge in [-0.15, -0.1) is 0 Å². The molecule has 5 rings (SSSR count). The molecule has 2 aliphatic rings. The molecule has 47 heavy (non-hydrogen) atoms. The molecule has 0 spiro atoms. The molecule has 2 heterocycles. The van der Waals surface area contributed by atoms with Crippen LogP contribution in [0.1, 0.15) is 47.7 Å². The van der Waals surface area contributed by atoms with E-state index in [0.717, 1.165) is 22.8 Å². The number of hydrogen-bond donors (Lipinski definition) is 2. The summed E-state index contributed by atoms with van der Waals surface area (Å²) in [5.41, 5.74) is 2.74. The Hall–Kier alpha value is -3.44. The first-order valence-electron chi connectivity index (χ1n) is 16.3. The Morgan fingerprint density at radius 3 is 2.23 bits per heavy atom. The fraction of sp³-hybridized carbons (Fsp3) is 0.444. The van der Waals surface area contributed by atoms with Crippen molar-refractivity contribution in [3.8, 4) is 0 Å². The van der Waals surface area contributed by atoms with E-state index < -0.39 is 29.9 Å². The highest BCUT2D eigenvalue weighted by molar-refractivity contribution is 6.30. The van der Waals surface area contributed by atoms with Gasteiger partial charge in [-0.05, 0) is 60.0 Å². The number of alkyl halides is 3. The molecular weight excluding hydrogens is 627 g/mol. The van der Waals surface area contributed by atoms with Gasteiger partial charge in [0.1, 0.15) is 6.04 Å². The standard InChI is InChI=1S/C36H43ClF3N5O2/c1-3-43(4-2)24-33(29-11-7-8-12-30(29)36(38,39)40)44-17-19-45(20-18-44)35(47)32(21-25-13-15-28(37)16-14-25)42-34(46)31-22-26-9-5-6-10-27(26)23-41-31/h5-16,31-33,41H,3-4,17-24H2,1-2H3,(H,42,46)/t31-,32?,33?/m1/s1. The molecule has 0 radical (unpaired) electrons. The summed E-state index contributed by atoms with van der Waals surface area (Å²) in [5.74, 6) is -0.450. The summed E-state index contributed by atoms with van der Waals surface area (Å²) in [6, 6.07) is 19.2. The maximum Gasteiger partial charge on any atom is 0.416 e. The van der Waals surface area contributed by atoms with Crippen molar-refractivity contribution in [2.75, 3.05) is 45.8 Å². The first kappa shape index (κ1) is 34.9. The van der Waals surface area contributed by atoms with Crippen LogP contribution in [-0.2, 0) is 35.2 Å². The number of amides is 2. The van der Waals surface area contributed by atoms with E-state index in [9.17, 15) is 22.8 Å². The molecule has 2 N–H and O–H groups in total. The van der Waals surface area contributed by atoms with E-state index in [-0.39, 0.29) is 23.8 Å². The lowest BCUT2D eigenvalue weighted by Crippen LogP contribution is -2.58. The Kier molecular flexibility index (Phi) is 11.6. The van der Waals surface area contributed by atoms with Crippen molar-refractivity contribution in [1.29, 1.82) is 0 Å². The average Bonchev–Trinajstić information content (AvgIpc) is 3.08. The van der Waals surface area contributed by atoms with E-state index in [1.807, 2.05) is 50.2 Å². The van der Waals surface area contributed by atoms with Gasteiger partial charge < -0.3 is 20.4 Å². The number of fused-ring (bicyclic) bond motifs is 1. The van der Waals surface area contributed by atoms with Crippen LogP contribution in [0.15, 0.2) is 72.8 Å². The molecule has 7 nitrogen and oxygen atoms in total. The Balaban J connectivity index is 1.32. The monoisotopic (exact) mass is 669 g/mol. The number of hydrogen-bond acceptors (Lipinski definition) is 5. The van der Waals surface area contributed by atoms with Crippen molar-refractivity contribution in [2.45, 2.75) is 57.5 Å². The Morgan fingerprint density at radius 2 is 1.57 bits per heavy atom. The van der Waals surface area contributed by atoms with Crippen LogP contribution in [0.2, 0.25) is 5.02 Å². The smallest absolute Gasteiger partial charge is 0.343 e. The van der Waals surface area contributed by atoms with Crippen LogP contribution in [0.4, 0.5) is 13.2 Å². The largest absolute Gasteiger partial charge is 0.416 e. The van der Waals surface area contributed by atoms with Crippen LogP contribution in [0.5, 0.6) is 0 Å². The zero-order valence-corrected chi connectivity index (χ0v) is 27.7. The lowest BCUT2D eigenvalue weighted by atomic mass is 9.95. The number of nitrogens with one attached hydrogen (secondary N) is 2. The highest BCUT2D eigenvalue weighted by Gasteiger charge is 2.38. The van der Waals surface area contributed by atoms with Gasteiger partial charge in [-0.2, -0.15) is 13.2 Å². The maximum atomic E-state index is 14.1. The Bertz CT molecular complexity index is 1510. The van der Waals surface area contributed by atoms with Gasteiger partial charge in [0.2, 0.25) is 11.8 Å². The van der Waals surface area contributed by atoms with Crippen LogP contribution in [0, 0.1) is 0 Å². The van der Waals surface area contributed by atoms with Crippen molar-refractivity contribution in [3.05, 3.63) is 106 Å². The van der Waals surface area contributed by atoms with Crippen LogP contribution in [-0.4, -0.2) is 84.4 Å². The van der Waals surface area contributed by atoms with E-state index >= 15 is 0 Å². The summed E-state index contributed by atoms with van der Waals surface area (Å²) < 4.78 is 42.3. The first-order chi connectivity index (χ1) is 22.6. The third kappa shape index (κ3) is 8.73. The molecule has 0 aliphatic carbocycles. The van der Waals surface area contributed by atoms with Gasteiger partial charge >= 0.3 is 6.18 Å². The molecule has 2 unspecified atom stereocenters. The van der Waals surface area contributed by atoms with Gasteiger partial charge in [0.25, 0.3) is 0 Å². The molecule has 0 saturated carbocycles. The summed E-state index contributed by atoms with van der Waals surface area (Å²) in [4.78, 5) is 33.5. The van der Waals surface area contributed by atoms with Crippen molar-refractivity contribution in [3.63, 3.8) is 0 Å². The summed E-state index contributed by atoms with van der Waals surface area (Å²) in [7, 11) is 0. The summed E-state index contributed by atoms with van der Waals surface area (Å²) in [5, 5.41) is 6.91. The number of carbonyl (C=O) groups is 2. The summed E-state index contributed by atoms with van der Waals surface area (Å²) in [6.45, 7) is 7.94. The van der Waals surface area contributed by atoms with Crippen LogP contribution < -0.4 is 10.6 Å². The van der Waals surface area contributed by atoms with E-state index in [4.69, 9.17) is 11.6 Å². The zero-order valence-electron chi connectivity index (χ0n) is 26.9. The van der Waals surface area contributed by atoms with Crippen LogP contribution >= 0.6 is 11.6 Å². The topological polar surface area (TPSA) is 67.9 Å². The molecule has 11 heteroatoms. The third-order valence-corrected chi connectivity index (χ3v) is 9.63. The molecule has 0 bridgehead atoms. The molecular formula is C36H43ClF3N5O2. The molecule has 2 amide bonds. The minimum absolute atomic E-state index is 0.208. The lowest BCUT2D eigenvalue weighted by Gasteiger charge is -2.42. The highest BCUT2D eigenvalue weighted by Crippen LogP contribution is 2.37. The predicted octanol–water partition coefficient (Wildman–Crippen LogP) is 5.33. The van der Waals surface area contributed by atoms with Gasteiger partial charge in [0.15, 0.2) is 0 Å². The van der Waals surface area contributed by atoms with Crippen molar-refractivity contribution < 1.29 is 22.8 Å². The molecule has 1 fully saturated rings. The summed E-state index contributed by atoms with van der Waals surface area (Å²) >= 11 is 6.10. The number of carbonyl (C=O) groups excluding carboxylic acids is 2. The third-order valence-electron chi connectivity index (χ3n) is 9.38. The maximum absolute atomic E-state index is 14.1. The van der Waals surface area contributed by atoms with Gasteiger partial charge in [-0.25, -0.2) is 0 Å². The molecule has 0 aromatic heterocycles. The number of benzene rings is 3. The van der Waals surface area contributed by atoms with Crippen molar-refractivity contribution in [1.82, 2.24) is 25.3 Å². The van der Waals surface area contributed by atoms with Gasteiger partial charge in [-0.3, -0.25) is 14.5 Å². The number of nitrogens with zero attached hydrogens (tertiary/aromatic N) is 3. The number of rotatable bonds is 11. The Labute approximate surface area is 280 Å². The van der Waals surface area contributed by atoms with Crippen LogP contribution in [0.25, 0.3) is 0 Å². The lowest BCUT2D eigenvalue weighted by molar-refractivity contribution is -0.139. The minimum Gasteiger partial charge on any atom is -0.343 e. The fourth-order valence-electron chi connectivity index (χ4n) is 6.63. The van der Waals surface area contributed by atoms with E-state index in [0.29, 0.717) is 63.8 Å². The van der Waals surface area contributed by atoms with Gasteiger partial charge in [-0.1, -0.05) is 80.0 Å². The second-order valence-electron chi connectivity index (χ2n) is 12.2. The van der Waals surface area contributed by atoms with Gasteiger partial charge in [0.05, 0.1) is 11.6 Å². The summed E-state index contributed by atoms with van der Waals surface area (Å²) in [6.07, 6.45) is -3.66. The van der Waals surface area contributed by atoms with Crippen molar-refractivity contribution >= 4 is 23.4 Å². The Morgan fingerprint density at radius 1 is 0.936 bits per heavy atom. The second kappa shape index (κ2) is 15.6. The second-order valence-corrected chi connectivity index (χ2v) is 12.7. The fourth-order valence-corrected chi connectivity index (χ4v) is 6.75. The van der Waals surface area contributed by atoms with E-state index in [1.165, 1.54) is 6.07 Å². The number of halogens is 4. The predicted molar refractivity (Wildman–Crippen MR) is 178 cm³/mol. The molecule has 252 valence electrons. The number of piperazine rings is 1. The average molecular weight is 670 g/mol. The van der Waals surface area contributed by atoms with Crippen LogP contribution in [0.3, 0.4) is 0 Å². The molecule has 3 aromatic carbocycles. The normalized spacial score (nSPS) is 18.4. The SMILES string of the molecule is CCN(CC)CC(c1ccccc1C(F)(F)F)N1CCN(C(=O)C(Cc2ccc(Cl)cc2)NC(=O)[C@H]2Cc3ccccc3CN2)CC1. The quantitative estimate of drug-likeness (QED) is 0.289. The molecule has 2 aliphatic heterocycles. The van der Waals surface area contributed by atoms with Gasteiger partial charge in [0, 0.05) is 56.8 Å². The van der Waals surface area contributed by atoms with Crippen molar-refractivity contribution in [2.24, 2.45) is 0 Å². The van der Waals surface area contributed by atoms with E-state index in [2.05, 4.69) is 20.4 Å². The zero-order chi connectivity index (χ0) is 33.6. The highest BCUT2D eigenvalue weighted by atomic mass is 35.5. The molecule has 1 saturated heterocycles. The molecule has 3 aromatic rings. The van der Waals surface area contributed by atoms with E-state index in [1.54, 1.807) is 29.2 Å². The minimum atomic E-state index is -4.47. The number of likely N-dealkylation sites (N-methyl/N-ethyl adjacent to an activating group) is 1.